The van der Waals surface area contributed by atoms with E-state index >= 15 is 0 Å². The molecule has 2 aromatic rings. The van der Waals surface area contributed by atoms with Crippen LogP contribution in [0.15, 0.2) is 30.5 Å². The van der Waals surface area contributed by atoms with Crippen molar-refractivity contribution in [2.45, 2.75) is 19.4 Å². The summed E-state index contributed by atoms with van der Waals surface area (Å²) in [5, 5.41) is 5.58. The highest BCUT2D eigenvalue weighted by Gasteiger charge is 2.24. The van der Waals surface area contributed by atoms with Crippen LogP contribution in [0.2, 0.25) is 5.02 Å². The van der Waals surface area contributed by atoms with Gasteiger partial charge in [-0.1, -0.05) is 18.5 Å². The van der Waals surface area contributed by atoms with Crippen LogP contribution in [-0.2, 0) is 0 Å². The summed E-state index contributed by atoms with van der Waals surface area (Å²) in [5.74, 6) is 0.643. The van der Waals surface area contributed by atoms with Gasteiger partial charge in [0, 0.05) is 34.9 Å². The van der Waals surface area contributed by atoms with Crippen LogP contribution >= 0.6 is 11.6 Å². The van der Waals surface area contributed by atoms with Crippen LogP contribution in [0, 0.1) is 5.92 Å². The first-order valence-electron chi connectivity index (χ1n) is 7.13. The summed E-state index contributed by atoms with van der Waals surface area (Å²) in [6.45, 7) is 4.61. The predicted molar refractivity (Wildman–Crippen MR) is 85.4 cm³/mol. The van der Waals surface area contributed by atoms with E-state index in [-0.39, 0.29) is 0 Å². The Morgan fingerprint density at radius 3 is 3.00 bits per heavy atom. The van der Waals surface area contributed by atoms with Crippen molar-refractivity contribution in [3.05, 3.63) is 35.5 Å². The van der Waals surface area contributed by atoms with Crippen LogP contribution in [-0.4, -0.2) is 36.1 Å². The van der Waals surface area contributed by atoms with Gasteiger partial charge in [-0.25, -0.2) is 0 Å². The van der Waals surface area contributed by atoms with Crippen molar-refractivity contribution in [2.75, 3.05) is 25.5 Å². The molecule has 0 bridgehead atoms. The molecule has 0 amide bonds. The van der Waals surface area contributed by atoms with Gasteiger partial charge in [-0.05, 0) is 50.2 Å². The number of nitrogens with zero attached hydrogens (tertiary/aromatic N) is 2. The zero-order valence-corrected chi connectivity index (χ0v) is 12.7. The number of rotatable bonds is 2. The lowest BCUT2D eigenvalue weighted by Gasteiger charge is -2.36. The highest BCUT2D eigenvalue weighted by molar-refractivity contribution is 6.31. The van der Waals surface area contributed by atoms with Gasteiger partial charge in [-0.3, -0.25) is 4.98 Å². The van der Waals surface area contributed by atoms with E-state index < -0.39 is 0 Å². The first-order chi connectivity index (χ1) is 9.63. The summed E-state index contributed by atoms with van der Waals surface area (Å²) in [5.41, 5.74) is 2.11. The predicted octanol–water partition coefficient (Wildman–Crippen LogP) is 3.64. The lowest BCUT2D eigenvalue weighted by Crippen LogP contribution is -2.43. The monoisotopic (exact) mass is 289 g/mol. The molecule has 2 heterocycles. The smallest absolute Gasteiger partial charge is 0.0737 e. The zero-order chi connectivity index (χ0) is 14.1. The molecule has 1 aromatic heterocycles. The molecule has 20 heavy (non-hydrogen) atoms. The average Bonchev–Trinajstić information content (AvgIpc) is 2.41. The largest absolute Gasteiger partial charge is 0.381 e. The molecule has 1 fully saturated rings. The minimum Gasteiger partial charge on any atom is -0.381 e. The van der Waals surface area contributed by atoms with Gasteiger partial charge >= 0.3 is 0 Å². The summed E-state index contributed by atoms with van der Waals surface area (Å²) >= 11 is 6.04. The summed E-state index contributed by atoms with van der Waals surface area (Å²) in [4.78, 5) is 6.79. The molecular formula is C16H20ClN3. The van der Waals surface area contributed by atoms with Crippen LogP contribution in [0.3, 0.4) is 0 Å². The minimum atomic E-state index is 0.521. The highest BCUT2D eigenvalue weighted by Crippen LogP contribution is 2.27. The molecule has 106 valence electrons. The van der Waals surface area contributed by atoms with Crippen molar-refractivity contribution in [3.8, 4) is 0 Å². The van der Waals surface area contributed by atoms with Crippen molar-refractivity contribution in [3.63, 3.8) is 0 Å². The molecule has 4 heteroatoms. The Bertz CT molecular complexity index is 614. The average molecular weight is 290 g/mol. The molecule has 2 atom stereocenters. The number of fused-ring (bicyclic) bond motifs is 1. The number of halogens is 1. The quantitative estimate of drug-likeness (QED) is 0.915. The molecule has 1 saturated heterocycles. The fraction of sp³-hybridized carbons (Fsp3) is 0.438. The number of aromatic nitrogens is 1. The maximum absolute atomic E-state index is 6.04. The minimum absolute atomic E-state index is 0.521. The van der Waals surface area contributed by atoms with Gasteiger partial charge in [0.2, 0.25) is 0 Å². The topological polar surface area (TPSA) is 28.2 Å². The molecule has 1 N–H and O–H groups in total. The van der Waals surface area contributed by atoms with E-state index in [1.165, 1.54) is 6.42 Å². The maximum atomic E-state index is 6.04. The van der Waals surface area contributed by atoms with Crippen molar-refractivity contribution in [1.29, 1.82) is 0 Å². The van der Waals surface area contributed by atoms with Crippen LogP contribution < -0.4 is 5.32 Å². The molecule has 0 radical (unpaired) electrons. The summed E-state index contributed by atoms with van der Waals surface area (Å²) in [6, 6.07) is 8.47. The van der Waals surface area contributed by atoms with Crippen molar-refractivity contribution in [1.82, 2.24) is 9.88 Å². The molecule has 1 aromatic carbocycles. The van der Waals surface area contributed by atoms with Gasteiger partial charge in [0.15, 0.2) is 0 Å². The van der Waals surface area contributed by atoms with Gasteiger partial charge in [-0.2, -0.15) is 0 Å². The molecule has 0 saturated carbocycles. The third kappa shape index (κ3) is 2.74. The van der Waals surface area contributed by atoms with Gasteiger partial charge in [0.05, 0.1) is 5.52 Å². The van der Waals surface area contributed by atoms with Gasteiger partial charge in [0.1, 0.15) is 0 Å². The van der Waals surface area contributed by atoms with Crippen molar-refractivity contribution in [2.24, 2.45) is 5.92 Å². The second-order valence-corrected chi connectivity index (χ2v) is 6.24. The number of hydrogen-bond donors (Lipinski definition) is 1. The fourth-order valence-corrected chi connectivity index (χ4v) is 3.18. The second kappa shape index (κ2) is 5.58. The van der Waals surface area contributed by atoms with E-state index in [2.05, 4.69) is 35.2 Å². The molecule has 1 aliphatic heterocycles. The Labute approximate surface area is 124 Å². The van der Waals surface area contributed by atoms with E-state index in [0.717, 1.165) is 34.7 Å². The van der Waals surface area contributed by atoms with Gasteiger partial charge < -0.3 is 10.2 Å². The first-order valence-corrected chi connectivity index (χ1v) is 7.50. The van der Waals surface area contributed by atoms with Crippen LogP contribution in [0.4, 0.5) is 5.69 Å². The van der Waals surface area contributed by atoms with Crippen LogP contribution in [0.1, 0.15) is 13.3 Å². The summed E-state index contributed by atoms with van der Waals surface area (Å²) in [7, 11) is 2.19. The maximum Gasteiger partial charge on any atom is 0.0737 e. The van der Waals surface area contributed by atoms with Crippen LogP contribution in [0.25, 0.3) is 10.9 Å². The number of hydrogen-bond acceptors (Lipinski definition) is 3. The second-order valence-electron chi connectivity index (χ2n) is 5.80. The van der Waals surface area contributed by atoms with Crippen LogP contribution in [0.5, 0.6) is 0 Å². The molecule has 3 nitrogen and oxygen atoms in total. The normalized spacial score (nSPS) is 23.9. The molecule has 0 spiro atoms. The number of piperidine rings is 1. The van der Waals surface area contributed by atoms with E-state index in [9.17, 15) is 0 Å². The third-order valence-electron chi connectivity index (χ3n) is 4.15. The molecule has 1 aliphatic rings. The number of benzene rings is 1. The lowest BCUT2D eigenvalue weighted by molar-refractivity contribution is 0.206. The van der Waals surface area contributed by atoms with E-state index in [1.807, 2.05) is 24.4 Å². The first kappa shape index (κ1) is 13.7. The van der Waals surface area contributed by atoms with Crippen molar-refractivity contribution < 1.29 is 0 Å². The van der Waals surface area contributed by atoms with E-state index in [0.29, 0.717) is 12.0 Å². The summed E-state index contributed by atoms with van der Waals surface area (Å²) in [6.07, 6.45) is 3.02. The number of pyridine rings is 1. The van der Waals surface area contributed by atoms with Gasteiger partial charge in [0.25, 0.3) is 0 Å². The third-order valence-corrected chi connectivity index (χ3v) is 4.39. The summed E-state index contributed by atoms with van der Waals surface area (Å²) < 4.78 is 0. The Morgan fingerprint density at radius 1 is 1.35 bits per heavy atom. The highest BCUT2D eigenvalue weighted by atomic mass is 35.5. The number of nitrogens with one attached hydrogen (secondary N) is 1. The SMILES string of the molecule is CC1CN(C)CCC1Nc1ccnc2cc(Cl)ccc12. The Morgan fingerprint density at radius 2 is 2.20 bits per heavy atom. The molecular weight excluding hydrogens is 270 g/mol. The Hall–Kier alpha value is -1.32. The zero-order valence-electron chi connectivity index (χ0n) is 11.9. The van der Waals surface area contributed by atoms with Gasteiger partial charge in [-0.15, -0.1) is 0 Å². The van der Waals surface area contributed by atoms with Crippen molar-refractivity contribution >= 4 is 28.2 Å². The standard InChI is InChI=1S/C16H20ClN3/c1-11-10-20(2)8-6-14(11)19-15-5-7-18-16-9-12(17)3-4-13(15)16/h3-5,7,9,11,14H,6,8,10H2,1-2H3,(H,18,19). The number of likely N-dealkylation sites (tertiary alicyclic amines) is 1. The number of anilines is 1. The molecule has 2 unspecified atom stereocenters. The lowest BCUT2D eigenvalue weighted by atomic mass is 9.94. The fourth-order valence-electron chi connectivity index (χ4n) is 3.02. The molecule has 3 rings (SSSR count). The molecule has 0 aliphatic carbocycles. The Kier molecular flexibility index (Phi) is 3.81. The van der Waals surface area contributed by atoms with E-state index in [1.54, 1.807) is 0 Å². The Balaban J connectivity index is 1.87. The van der Waals surface area contributed by atoms with E-state index in [4.69, 9.17) is 11.6 Å².